The molecular formula is C14H17BrN2O. The summed E-state index contributed by atoms with van der Waals surface area (Å²) in [5.74, 6) is 2.27. The van der Waals surface area contributed by atoms with Crippen LogP contribution in [0.25, 0.3) is 0 Å². The van der Waals surface area contributed by atoms with E-state index in [2.05, 4.69) is 32.5 Å². The molecule has 1 aromatic rings. The summed E-state index contributed by atoms with van der Waals surface area (Å²) >= 11 is 3.51. The highest BCUT2D eigenvalue weighted by Gasteiger charge is 2.12. The Kier molecular flexibility index (Phi) is 5.24. The number of carbonyl (C=O) groups is 1. The van der Waals surface area contributed by atoms with Crippen LogP contribution in [0.3, 0.4) is 0 Å². The zero-order chi connectivity index (χ0) is 13.7. The summed E-state index contributed by atoms with van der Waals surface area (Å²) in [7, 11) is 0. The Morgan fingerprint density at radius 3 is 2.50 bits per heavy atom. The van der Waals surface area contributed by atoms with Crippen molar-refractivity contribution in [2.45, 2.75) is 26.8 Å². The maximum absolute atomic E-state index is 11.7. The summed E-state index contributed by atoms with van der Waals surface area (Å²) in [6.45, 7) is 6.10. The first-order valence-electron chi connectivity index (χ1n) is 5.70. The first kappa shape index (κ1) is 14.6. The molecule has 0 radical (unpaired) electrons. The van der Waals surface area contributed by atoms with E-state index >= 15 is 0 Å². The zero-order valence-electron chi connectivity index (χ0n) is 10.8. The number of rotatable bonds is 4. The third-order valence-corrected chi connectivity index (χ3v) is 3.83. The minimum Gasteiger partial charge on any atom is -0.374 e. The molecule has 0 fully saturated rings. The van der Waals surface area contributed by atoms with Gasteiger partial charge in [0.1, 0.15) is 6.04 Å². The topological polar surface area (TPSA) is 41.1 Å². The number of terminal acetylenes is 1. The van der Waals surface area contributed by atoms with E-state index in [0.717, 1.165) is 21.3 Å². The molecule has 1 unspecified atom stereocenters. The van der Waals surface area contributed by atoms with Gasteiger partial charge in [0, 0.05) is 10.2 Å². The van der Waals surface area contributed by atoms with E-state index in [1.54, 1.807) is 6.92 Å². The number of carbonyl (C=O) groups excluding carboxylic acids is 1. The molecule has 0 aliphatic carbocycles. The Balaban J connectivity index is 2.73. The Morgan fingerprint density at radius 2 is 2.00 bits per heavy atom. The molecule has 0 aromatic heterocycles. The maximum Gasteiger partial charge on any atom is 0.242 e. The largest absolute Gasteiger partial charge is 0.374 e. The van der Waals surface area contributed by atoms with Gasteiger partial charge in [-0.2, -0.15) is 0 Å². The third-order valence-electron chi connectivity index (χ3n) is 2.58. The van der Waals surface area contributed by atoms with Gasteiger partial charge in [0.25, 0.3) is 0 Å². The minimum atomic E-state index is -0.321. The summed E-state index contributed by atoms with van der Waals surface area (Å²) in [5, 5.41) is 5.80. The molecule has 1 atom stereocenters. The fourth-order valence-corrected chi connectivity index (χ4v) is 1.86. The molecule has 3 nitrogen and oxygen atoms in total. The highest BCUT2D eigenvalue weighted by molar-refractivity contribution is 9.10. The minimum absolute atomic E-state index is 0.105. The first-order chi connectivity index (χ1) is 8.45. The van der Waals surface area contributed by atoms with Gasteiger partial charge < -0.3 is 10.6 Å². The van der Waals surface area contributed by atoms with Crippen molar-refractivity contribution >= 4 is 27.5 Å². The molecule has 2 N–H and O–H groups in total. The van der Waals surface area contributed by atoms with Gasteiger partial charge in [-0.05, 0) is 44.0 Å². The van der Waals surface area contributed by atoms with Crippen molar-refractivity contribution in [3.63, 3.8) is 0 Å². The molecular weight excluding hydrogens is 292 g/mol. The second kappa shape index (κ2) is 6.46. The predicted octanol–water partition coefficient (Wildman–Crippen LogP) is 2.62. The molecule has 0 aliphatic rings. The van der Waals surface area contributed by atoms with Crippen LogP contribution >= 0.6 is 15.9 Å². The van der Waals surface area contributed by atoms with Gasteiger partial charge in [-0.15, -0.1) is 6.42 Å². The van der Waals surface area contributed by atoms with Crippen LogP contribution < -0.4 is 10.6 Å². The summed E-state index contributed by atoms with van der Waals surface area (Å²) in [4.78, 5) is 11.7. The number of nitrogens with one attached hydrogen (secondary N) is 2. The number of halogens is 1. The second-order valence-electron chi connectivity index (χ2n) is 4.21. The van der Waals surface area contributed by atoms with E-state index in [1.165, 1.54) is 0 Å². The van der Waals surface area contributed by atoms with Gasteiger partial charge in [-0.1, -0.05) is 21.9 Å². The molecule has 0 heterocycles. The van der Waals surface area contributed by atoms with Crippen molar-refractivity contribution in [1.29, 1.82) is 0 Å². The summed E-state index contributed by atoms with van der Waals surface area (Å²) < 4.78 is 1.09. The van der Waals surface area contributed by atoms with Gasteiger partial charge in [0.05, 0.1) is 6.54 Å². The lowest BCUT2D eigenvalue weighted by atomic mass is 10.1. The third kappa shape index (κ3) is 3.78. The van der Waals surface area contributed by atoms with Gasteiger partial charge >= 0.3 is 0 Å². The van der Waals surface area contributed by atoms with Crippen LogP contribution in [0.5, 0.6) is 0 Å². The first-order valence-corrected chi connectivity index (χ1v) is 6.49. The fraction of sp³-hybridized carbons (Fsp3) is 0.357. The SMILES string of the molecule is C#CCNC(=O)C(C)Nc1cc(C)c(Br)c(C)c1. The number of anilines is 1. The Hall–Kier alpha value is -1.47. The monoisotopic (exact) mass is 308 g/mol. The van der Waals surface area contributed by atoms with Crippen molar-refractivity contribution in [1.82, 2.24) is 5.32 Å². The van der Waals surface area contributed by atoms with Crippen molar-refractivity contribution in [2.24, 2.45) is 0 Å². The average molecular weight is 309 g/mol. The molecule has 0 bridgehead atoms. The molecule has 1 rings (SSSR count). The van der Waals surface area contributed by atoms with Gasteiger partial charge in [-0.25, -0.2) is 0 Å². The summed E-state index contributed by atoms with van der Waals surface area (Å²) in [5.41, 5.74) is 3.19. The number of hydrogen-bond donors (Lipinski definition) is 2. The molecule has 0 saturated carbocycles. The molecule has 1 aromatic carbocycles. The Labute approximate surface area is 116 Å². The summed E-state index contributed by atoms with van der Waals surface area (Å²) in [6.07, 6.45) is 5.10. The van der Waals surface area contributed by atoms with E-state index in [1.807, 2.05) is 26.0 Å². The molecule has 0 saturated heterocycles. The van der Waals surface area contributed by atoms with E-state index < -0.39 is 0 Å². The standard InChI is InChI=1S/C14H17BrN2O/c1-5-6-16-14(18)11(4)17-12-7-9(2)13(15)10(3)8-12/h1,7-8,11,17H,6H2,2-4H3,(H,16,18). The number of hydrogen-bond acceptors (Lipinski definition) is 2. The van der Waals surface area contributed by atoms with Crippen LogP contribution in [0.2, 0.25) is 0 Å². The molecule has 4 heteroatoms. The van der Waals surface area contributed by atoms with Crippen molar-refractivity contribution in [3.05, 3.63) is 27.7 Å². The van der Waals surface area contributed by atoms with E-state index in [-0.39, 0.29) is 18.5 Å². The Morgan fingerprint density at radius 1 is 1.44 bits per heavy atom. The highest BCUT2D eigenvalue weighted by Crippen LogP contribution is 2.25. The van der Waals surface area contributed by atoms with Crippen molar-refractivity contribution < 1.29 is 4.79 Å². The number of amides is 1. The quantitative estimate of drug-likeness (QED) is 0.840. The van der Waals surface area contributed by atoms with Crippen molar-refractivity contribution in [3.8, 4) is 12.3 Å². The number of aryl methyl sites for hydroxylation is 2. The van der Waals surface area contributed by atoms with Crippen LogP contribution in [0, 0.1) is 26.2 Å². The Bertz CT molecular complexity index is 468. The molecule has 18 heavy (non-hydrogen) atoms. The second-order valence-corrected chi connectivity index (χ2v) is 5.00. The molecule has 0 spiro atoms. The predicted molar refractivity (Wildman–Crippen MR) is 78.5 cm³/mol. The van der Waals surface area contributed by atoms with E-state index in [9.17, 15) is 4.79 Å². The average Bonchev–Trinajstić information content (AvgIpc) is 2.32. The molecule has 1 amide bonds. The van der Waals surface area contributed by atoms with E-state index in [0.29, 0.717) is 0 Å². The number of benzene rings is 1. The van der Waals surface area contributed by atoms with Crippen molar-refractivity contribution in [2.75, 3.05) is 11.9 Å². The lowest BCUT2D eigenvalue weighted by Gasteiger charge is -2.16. The lowest BCUT2D eigenvalue weighted by Crippen LogP contribution is -2.37. The van der Waals surface area contributed by atoms with Crippen LogP contribution in [0.15, 0.2) is 16.6 Å². The maximum atomic E-state index is 11.7. The summed E-state index contributed by atoms with van der Waals surface area (Å²) in [6, 6.07) is 3.68. The van der Waals surface area contributed by atoms with Gasteiger partial charge in [0.15, 0.2) is 0 Å². The lowest BCUT2D eigenvalue weighted by molar-refractivity contribution is -0.121. The zero-order valence-corrected chi connectivity index (χ0v) is 12.4. The van der Waals surface area contributed by atoms with Gasteiger partial charge in [0.2, 0.25) is 5.91 Å². The smallest absolute Gasteiger partial charge is 0.242 e. The van der Waals surface area contributed by atoms with Crippen LogP contribution in [0.1, 0.15) is 18.1 Å². The van der Waals surface area contributed by atoms with Crippen LogP contribution in [-0.4, -0.2) is 18.5 Å². The highest BCUT2D eigenvalue weighted by atomic mass is 79.9. The molecule has 0 aliphatic heterocycles. The normalized spacial score (nSPS) is 11.5. The fourth-order valence-electron chi connectivity index (χ4n) is 1.64. The molecule has 96 valence electrons. The van der Waals surface area contributed by atoms with Crippen LogP contribution in [-0.2, 0) is 4.79 Å². The van der Waals surface area contributed by atoms with Gasteiger partial charge in [-0.3, -0.25) is 4.79 Å². The van der Waals surface area contributed by atoms with E-state index in [4.69, 9.17) is 6.42 Å². The van der Waals surface area contributed by atoms with Crippen LogP contribution in [0.4, 0.5) is 5.69 Å².